The van der Waals surface area contributed by atoms with E-state index < -0.39 is 11.6 Å². The van der Waals surface area contributed by atoms with E-state index in [0.717, 1.165) is 18.9 Å². The molecule has 2 aliphatic rings. The molecular formula is C20H30N4O4. The first-order valence-electron chi connectivity index (χ1n) is 9.87. The summed E-state index contributed by atoms with van der Waals surface area (Å²) in [5.74, 6) is 0.818. The van der Waals surface area contributed by atoms with Crippen LogP contribution >= 0.6 is 0 Å². The van der Waals surface area contributed by atoms with Crippen LogP contribution < -0.4 is 4.90 Å². The molecule has 8 nitrogen and oxygen atoms in total. The van der Waals surface area contributed by atoms with Crippen molar-refractivity contribution >= 4 is 17.8 Å². The minimum absolute atomic E-state index is 0.0443. The molecule has 0 aromatic carbocycles. The molecule has 2 saturated heterocycles. The number of likely N-dealkylation sites (tertiary alicyclic amines) is 1. The number of amides is 2. The van der Waals surface area contributed by atoms with Gasteiger partial charge in [-0.05, 0) is 45.7 Å². The SMILES string of the molecule is CC(C)(C)N(C(=O)O)C1CCN(C(=O)c2ccc(N3CCOCC3)nc2)CC1. The predicted octanol–water partition coefficient (Wildman–Crippen LogP) is 2.30. The average molecular weight is 390 g/mol. The van der Waals surface area contributed by atoms with Gasteiger partial charge >= 0.3 is 6.09 Å². The van der Waals surface area contributed by atoms with Crippen LogP contribution in [0.1, 0.15) is 44.0 Å². The van der Waals surface area contributed by atoms with Crippen molar-refractivity contribution in [3.8, 4) is 0 Å². The lowest BCUT2D eigenvalue weighted by Gasteiger charge is -2.43. The Bertz CT molecular complexity index is 687. The lowest BCUT2D eigenvalue weighted by atomic mass is 9.96. The number of aromatic nitrogens is 1. The Kier molecular flexibility index (Phi) is 6.07. The van der Waals surface area contributed by atoms with Gasteiger partial charge in [0, 0.05) is 44.0 Å². The van der Waals surface area contributed by atoms with Crippen molar-refractivity contribution in [2.45, 2.75) is 45.2 Å². The Morgan fingerprint density at radius 3 is 2.29 bits per heavy atom. The first-order valence-corrected chi connectivity index (χ1v) is 9.87. The van der Waals surface area contributed by atoms with E-state index in [-0.39, 0.29) is 11.9 Å². The third kappa shape index (κ3) is 4.55. The molecular weight excluding hydrogens is 360 g/mol. The molecule has 2 fully saturated rings. The zero-order valence-corrected chi connectivity index (χ0v) is 16.9. The molecule has 3 rings (SSSR count). The molecule has 3 heterocycles. The first-order chi connectivity index (χ1) is 13.3. The molecule has 1 aromatic heterocycles. The third-order valence-corrected chi connectivity index (χ3v) is 5.38. The largest absolute Gasteiger partial charge is 0.465 e. The van der Waals surface area contributed by atoms with Gasteiger partial charge in [0.15, 0.2) is 0 Å². The second kappa shape index (κ2) is 8.34. The molecule has 0 radical (unpaired) electrons. The van der Waals surface area contributed by atoms with Crippen molar-refractivity contribution < 1.29 is 19.4 Å². The van der Waals surface area contributed by atoms with E-state index in [1.807, 2.05) is 32.9 Å². The fourth-order valence-corrected chi connectivity index (χ4v) is 3.99. The summed E-state index contributed by atoms with van der Waals surface area (Å²) < 4.78 is 5.35. The van der Waals surface area contributed by atoms with Gasteiger partial charge in [0.25, 0.3) is 5.91 Å². The van der Waals surface area contributed by atoms with Gasteiger partial charge in [-0.1, -0.05) is 0 Å². The quantitative estimate of drug-likeness (QED) is 0.852. The van der Waals surface area contributed by atoms with Gasteiger partial charge in [0.1, 0.15) is 5.82 Å². The third-order valence-electron chi connectivity index (χ3n) is 5.38. The highest BCUT2D eigenvalue weighted by Crippen LogP contribution is 2.25. The Labute approximate surface area is 166 Å². The molecule has 1 aromatic rings. The van der Waals surface area contributed by atoms with Crippen LogP contribution in [0.15, 0.2) is 18.3 Å². The van der Waals surface area contributed by atoms with Gasteiger partial charge in [-0.25, -0.2) is 9.78 Å². The normalized spacial score (nSPS) is 18.8. The van der Waals surface area contributed by atoms with Crippen molar-refractivity contribution in [1.82, 2.24) is 14.8 Å². The highest BCUT2D eigenvalue weighted by atomic mass is 16.5. The van der Waals surface area contributed by atoms with Crippen LogP contribution in [0.5, 0.6) is 0 Å². The molecule has 0 spiro atoms. The zero-order chi connectivity index (χ0) is 20.3. The molecule has 0 bridgehead atoms. The maximum atomic E-state index is 12.8. The molecule has 0 atom stereocenters. The Balaban J connectivity index is 1.59. The van der Waals surface area contributed by atoms with Crippen LogP contribution in [-0.4, -0.2) is 82.9 Å². The maximum absolute atomic E-state index is 12.8. The molecule has 2 amide bonds. The van der Waals surface area contributed by atoms with Crippen LogP contribution in [0.3, 0.4) is 0 Å². The summed E-state index contributed by atoms with van der Waals surface area (Å²) in [7, 11) is 0. The minimum Gasteiger partial charge on any atom is -0.465 e. The van der Waals surface area contributed by atoms with Crippen molar-refractivity contribution in [1.29, 1.82) is 0 Å². The molecule has 28 heavy (non-hydrogen) atoms. The number of hydrogen-bond donors (Lipinski definition) is 1. The fraction of sp³-hybridized carbons (Fsp3) is 0.650. The van der Waals surface area contributed by atoms with Gasteiger partial charge in [-0.2, -0.15) is 0 Å². The molecule has 0 saturated carbocycles. The molecule has 1 N–H and O–H groups in total. The van der Waals surface area contributed by atoms with E-state index in [0.29, 0.717) is 44.7 Å². The number of carbonyl (C=O) groups excluding carboxylic acids is 1. The summed E-state index contributed by atoms with van der Waals surface area (Å²) in [6, 6.07) is 3.64. The highest BCUT2D eigenvalue weighted by Gasteiger charge is 2.36. The smallest absolute Gasteiger partial charge is 0.407 e. The Morgan fingerprint density at radius 2 is 1.79 bits per heavy atom. The number of pyridine rings is 1. The monoisotopic (exact) mass is 390 g/mol. The van der Waals surface area contributed by atoms with E-state index in [9.17, 15) is 14.7 Å². The number of hydrogen-bond acceptors (Lipinski definition) is 5. The molecule has 8 heteroatoms. The summed E-state index contributed by atoms with van der Waals surface area (Å²) in [6.45, 7) is 9.81. The zero-order valence-electron chi connectivity index (χ0n) is 16.9. The summed E-state index contributed by atoms with van der Waals surface area (Å²) in [5.41, 5.74) is 0.114. The lowest BCUT2D eigenvalue weighted by molar-refractivity contribution is 0.0384. The van der Waals surface area contributed by atoms with Gasteiger partial charge in [-0.15, -0.1) is 0 Å². The van der Waals surface area contributed by atoms with Crippen LogP contribution in [-0.2, 0) is 4.74 Å². The number of morpholine rings is 1. The number of rotatable bonds is 3. The number of nitrogens with zero attached hydrogens (tertiary/aromatic N) is 4. The Hall–Kier alpha value is -2.35. The van der Waals surface area contributed by atoms with Gasteiger partial charge in [-0.3, -0.25) is 4.79 Å². The summed E-state index contributed by atoms with van der Waals surface area (Å²) in [4.78, 5) is 34.4. The van der Waals surface area contributed by atoms with Crippen LogP contribution in [0.4, 0.5) is 10.6 Å². The summed E-state index contributed by atoms with van der Waals surface area (Å²) >= 11 is 0. The van der Waals surface area contributed by atoms with Crippen molar-refractivity contribution in [3.05, 3.63) is 23.9 Å². The highest BCUT2D eigenvalue weighted by molar-refractivity contribution is 5.94. The van der Waals surface area contributed by atoms with Crippen LogP contribution in [0, 0.1) is 0 Å². The first kappa shape index (κ1) is 20.4. The van der Waals surface area contributed by atoms with Crippen molar-refractivity contribution in [2.24, 2.45) is 0 Å². The van der Waals surface area contributed by atoms with Gasteiger partial charge in [0.05, 0.1) is 18.8 Å². The van der Waals surface area contributed by atoms with Gasteiger partial charge < -0.3 is 24.5 Å². The number of piperidine rings is 1. The molecule has 0 unspecified atom stereocenters. The molecule has 154 valence electrons. The van der Waals surface area contributed by atoms with Crippen LogP contribution in [0.2, 0.25) is 0 Å². The second-order valence-corrected chi connectivity index (χ2v) is 8.35. The maximum Gasteiger partial charge on any atom is 0.407 e. The molecule has 0 aliphatic carbocycles. The number of carbonyl (C=O) groups is 2. The van der Waals surface area contributed by atoms with E-state index in [4.69, 9.17) is 4.74 Å². The predicted molar refractivity (Wildman–Crippen MR) is 106 cm³/mol. The average Bonchev–Trinajstić information content (AvgIpc) is 2.67. The summed E-state index contributed by atoms with van der Waals surface area (Å²) in [6.07, 6.45) is 2.03. The molecule has 2 aliphatic heterocycles. The lowest BCUT2D eigenvalue weighted by Crippen LogP contribution is -2.55. The van der Waals surface area contributed by atoms with E-state index in [1.54, 1.807) is 11.1 Å². The van der Waals surface area contributed by atoms with Crippen LogP contribution in [0.25, 0.3) is 0 Å². The number of carboxylic acid groups (broad SMARTS) is 1. The minimum atomic E-state index is -0.903. The second-order valence-electron chi connectivity index (χ2n) is 8.35. The van der Waals surface area contributed by atoms with Gasteiger partial charge in [0.2, 0.25) is 0 Å². The standard InChI is InChI=1S/C20H30N4O4/c1-20(2,3)24(19(26)27)16-6-8-23(9-7-16)18(25)15-4-5-17(21-14-15)22-10-12-28-13-11-22/h4-5,14,16H,6-13H2,1-3H3,(H,26,27). The Morgan fingerprint density at radius 1 is 1.14 bits per heavy atom. The number of anilines is 1. The fourth-order valence-electron chi connectivity index (χ4n) is 3.99. The summed E-state index contributed by atoms with van der Waals surface area (Å²) in [5, 5.41) is 9.57. The van der Waals surface area contributed by atoms with Crippen molar-refractivity contribution in [2.75, 3.05) is 44.3 Å². The van der Waals surface area contributed by atoms with E-state index >= 15 is 0 Å². The topological polar surface area (TPSA) is 86.2 Å². The van der Waals surface area contributed by atoms with E-state index in [1.165, 1.54) is 4.90 Å². The number of ether oxygens (including phenoxy) is 1. The van der Waals surface area contributed by atoms with Crippen molar-refractivity contribution in [3.63, 3.8) is 0 Å². The van der Waals surface area contributed by atoms with E-state index in [2.05, 4.69) is 9.88 Å².